The summed E-state index contributed by atoms with van der Waals surface area (Å²) < 4.78 is 0. The lowest BCUT2D eigenvalue weighted by atomic mass is 10.0. The number of benzene rings is 3. The van der Waals surface area contributed by atoms with Crippen LogP contribution in [0.1, 0.15) is 48.6 Å². The third-order valence-electron chi connectivity index (χ3n) is 4.50. The van der Waals surface area contributed by atoms with Gasteiger partial charge in [-0.25, -0.2) is 0 Å². The normalized spacial score (nSPS) is 13.5. The van der Waals surface area contributed by atoms with Crippen LogP contribution < -0.4 is 5.48 Å². The Morgan fingerprint density at radius 1 is 0.778 bits per heavy atom. The summed E-state index contributed by atoms with van der Waals surface area (Å²) in [6.07, 6.45) is 6.36. The van der Waals surface area contributed by atoms with Gasteiger partial charge in [0.25, 0.3) is 0 Å². The molecule has 3 aromatic carbocycles. The van der Waals surface area contributed by atoms with Crippen molar-refractivity contribution in [3.63, 3.8) is 0 Å². The highest BCUT2D eigenvalue weighted by molar-refractivity contribution is 5.50. The maximum Gasteiger partial charge on any atom is 0.104 e. The van der Waals surface area contributed by atoms with Crippen molar-refractivity contribution < 1.29 is 4.84 Å². The van der Waals surface area contributed by atoms with Gasteiger partial charge in [-0.1, -0.05) is 116 Å². The lowest BCUT2D eigenvalue weighted by Gasteiger charge is -2.22. The first kappa shape index (κ1) is 19.1. The van der Waals surface area contributed by atoms with Crippen molar-refractivity contribution in [1.29, 1.82) is 0 Å². The summed E-state index contributed by atoms with van der Waals surface area (Å²) in [5.41, 5.74) is 6.85. The van der Waals surface area contributed by atoms with Crippen LogP contribution in [-0.2, 0) is 4.84 Å². The summed E-state index contributed by atoms with van der Waals surface area (Å²) >= 11 is 0. The van der Waals surface area contributed by atoms with E-state index >= 15 is 0 Å². The average molecular weight is 357 g/mol. The average Bonchev–Trinajstić information content (AvgIpc) is 2.75. The van der Waals surface area contributed by atoms with E-state index in [2.05, 4.69) is 85.2 Å². The minimum absolute atomic E-state index is 0.0190. The zero-order valence-electron chi connectivity index (χ0n) is 15.8. The number of hydroxylamine groups is 1. The Bertz CT molecular complexity index is 800. The van der Waals surface area contributed by atoms with Crippen molar-refractivity contribution in [2.45, 2.75) is 31.9 Å². The standard InChI is InChI=1S/C25H27NO/c1-2-12-25(23-17-10-5-11-18-23)27-26-24(22-15-8-4-9-16-22)20-19-21-13-6-3-7-14-21/h3-11,13-20,24-26H,2,12H2,1H3/b20-19+. The van der Waals surface area contributed by atoms with E-state index in [1.807, 2.05) is 30.3 Å². The van der Waals surface area contributed by atoms with Gasteiger partial charge in [0, 0.05) is 0 Å². The summed E-state index contributed by atoms with van der Waals surface area (Å²) in [4.78, 5) is 6.17. The molecule has 3 rings (SSSR count). The fraction of sp³-hybridized carbons (Fsp3) is 0.200. The Balaban J connectivity index is 1.75. The quantitative estimate of drug-likeness (QED) is 0.441. The molecule has 0 aliphatic carbocycles. The Labute approximate surface area is 162 Å². The van der Waals surface area contributed by atoms with Gasteiger partial charge in [-0.3, -0.25) is 4.84 Å². The summed E-state index contributed by atoms with van der Waals surface area (Å²) in [7, 11) is 0. The van der Waals surface area contributed by atoms with Crippen molar-refractivity contribution in [3.05, 3.63) is 114 Å². The molecule has 2 atom stereocenters. The topological polar surface area (TPSA) is 21.3 Å². The van der Waals surface area contributed by atoms with E-state index < -0.39 is 0 Å². The van der Waals surface area contributed by atoms with E-state index in [0.29, 0.717) is 0 Å². The van der Waals surface area contributed by atoms with Gasteiger partial charge in [0.2, 0.25) is 0 Å². The zero-order chi connectivity index (χ0) is 18.7. The summed E-state index contributed by atoms with van der Waals surface area (Å²) in [5, 5.41) is 0. The number of nitrogens with one attached hydrogen (secondary N) is 1. The molecule has 0 spiro atoms. The molecule has 27 heavy (non-hydrogen) atoms. The smallest absolute Gasteiger partial charge is 0.104 e. The minimum Gasteiger partial charge on any atom is -0.293 e. The van der Waals surface area contributed by atoms with E-state index in [9.17, 15) is 0 Å². The maximum atomic E-state index is 6.17. The van der Waals surface area contributed by atoms with Crippen LogP contribution in [0, 0.1) is 0 Å². The van der Waals surface area contributed by atoms with Gasteiger partial charge in [0.05, 0.1) is 6.04 Å². The molecule has 0 fully saturated rings. The molecule has 1 N–H and O–H groups in total. The van der Waals surface area contributed by atoms with Crippen LogP contribution in [0.5, 0.6) is 0 Å². The molecule has 2 unspecified atom stereocenters. The lowest BCUT2D eigenvalue weighted by molar-refractivity contribution is -0.0429. The van der Waals surface area contributed by atoms with Gasteiger partial charge in [-0.15, -0.1) is 0 Å². The van der Waals surface area contributed by atoms with E-state index in [-0.39, 0.29) is 12.1 Å². The second-order valence-corrected chi connectivity index (χ2v) is 6.58. The number of rotatable bonds is 9. The largest absolute Gasteiger partial charge is 0.293 e. The molecule has 0 aliphatic rings. The molecular weight excluding hydrogens is 330 g/mol. The van der Waals surface area contributed by atoms with Crippen LogP contribution in [0.3, 0.4) is 0 Å². The van der Waals surface area contributed by atoms with Crippen molar-refractivity contribution in [3.8, 4) is 0 Å². The zero-order valence-corrected chi connectivity index (χ0v) is 15.8. The molecule has 0 heterocycles. The first-order valence-corrected chi connectivity index (χ1v) is 9.61. The molecule has 3 aromatic rings. The fourth-order valence-corrected chi connectivity index (χ4v) is 3.03. The van der Waals surface area contributed by atoms with E-state index in [0.717, 1.165) is 12.8 Å². The predicted molar refractivity (Wildman–Crippen MR) is 113 cm³/mol. The van der Waals surface area contributed by atoms with Crippen molar-refractivity contribution in [2.24, 2.45) is 0 Å². The van der Waals surface area contributed by atoms with Crippen LogP contribution in [0.15, 0.2) is 97.1 Å². The maximum absolute atomic E-state index is 6.17. The van der Waals surface area contributed by atoms with Crippen molar-refractivity contribution >= 4 is 6.08 Å². The van der Waals surface area contributed by atoms with Crippen LogP contribution in [-0.4, -0.2) is 0 Å². The van der Waals surface area contributed by atoms with Gasteiger partial charge < -0.3 is 0 Å². The van der Waals surface area contributed by atoms with Gasteiger partial charge in [-0.05, 0) is 23.1 Å². The highest BCUT2D eigenvalue weighted by Crippen LogP contribution is 2.24. The van der Waals surface area contributed by atoms with Crippen molar-refractivity contribution in [2.75, 3.05) is 0 Å². The lowest BCUT2D eigenvalue weighted by Crippen LogP contribution is -2.23. The summed E-state index contributed by atoms with van der Waals surface area (Å²) in [5.74, 6) is 0. The molecule has 2 heteroatoms. The highest BCUT2D eigenvalue weighted by atomic mass is 16.7. The van der Waals surface area contributed by atoms with Gasteiger partial charge in [-0.2, -0.15) is 5.48 Å². The first-order valence-electron chi connectivity index (χ1n) is 9.61. The van der Waals surface area contributed by atoms with Crippen LogP contribution in [0.25, 0.3) is 6.08 Å². The van der Waals surface area contributed by atoms with E-state index in [1.165, 1.54) is 16.7 Å². The molecule has 2 nitrogen and oxygen atoms in total. The molecule has 0 saturated carbocycles. The molecule has 0 radical (unpaired) electrons. The first-order chi connectivity index (χ1) is 13.4. The Morgan fingerprint density at radius 2 is 1.33 bits per heavy atom. The van der Waals surface area contributed by atoms with Gasteiger partial charge in [0.15, 0.2) is 0 Å². The van der Waals surface area contributed by atoms with Crippen LogP contribution in [0.2, 0.25) is 0 Å². The minimum atomic E-state index is -0.0190. The number of hydrogen-bond donors (Lipinski definition) is 1. The third kappa shape index (κ3) is 5.92. The molecule has 0 bridgehead atoms. The highest BCUT2D eigenvalue weighted by Gasteiger charge is 2.14. The summed E-state index contributed by atoms with van der Waals surface area (Å²) in [6.45, 7) is 2.18. The Kier molecular flexibility index (Phi) is 7.40. The van der Waals surface area contributed by atoms with Gasteiger partial charge >= 0.3 is 0 Å². The second kappa shape index (κ2) is 10.5. The molecule has 0 saturated heterocycles. The van der Waals surface area contributed by atoms with E-state index in [1.54, 1.807) is 0 Å². The molecule has 0 aliphatic heterocycles. The molecular formula is C25H27NO. The SMILES string of the molecule is CCCC(ONC(/C=C/c1ccccc1)c1ccccc1)c1ccccc1. The molecule has 138 valence electrons. The third-order valence-corrected chi connectivity index (χ3v) is 4.50. The van der Waals surface area contributed by atoms with Crippen LogP contribution in [0.4, 0.5) is 0 Å². The molecule has 0 aromatic heterocycles. The fourth-order valence-electron chi connectivity index (χ4n) is 3.03. The summed E-state index contributed by atoms with van der Waals surface area (Å²) in [6, 6.07) is 31.1. The molecule has 0 amide bonds. The van der Waals surface area contributed by atoms with Crippen molar-refractivity contribution in [1.82, 2.24) is 5.48 Å². The Morgan fingerprint density at radius 3 is 1.93 bits per heavy atom. The van der Waals surface area contributed by atoms with Gasteiger partial charge in [0.1, 0.15) is 6.10 Å². The number of hydrogen-bond acceptors (Lipinski definition) is 2. The second-order valence-electron chi connectivity index (χ2n) is 6.58. The monoisotopic (exact) mass is 357 g/mol. The predicted octanol–water partition coefficient (Wildman–Crippen LogP) is 6.50. The van der Waals surface area contributed by atoms with Crippen LogP contribution >= 0.6 is 0 Å². The Hall–Kier alpha value is -2.68. The van der Waals surface area contributed by atoms with E-state index in [4.69, 9.17) is 4.84 Å².